The van der Waals surface area contributed by atoms with Crippen molar-refractivity contribution < 1.29 is 18.7 Å². The number of anilines is 1. The predicted octanol–water partition coefficient (Wildman–Crippen LogP) is 4.67. The molecular weight excluding hydrogens is 446 g/mol. The van der Waals surface area contributed by atoms with Crippen molar-refractivity contribution in [2.75, 3.05) is 11.5 Å². The lowest BCUT2D eigenvalue weighted by Crippen LogP contribution is -2.39. The van der Waals surface area contributed by atoms with Gasteiger partial charge in [-0.25, -0.2) is 9.88 Å². The number of ether oxygens (including phenoxy) is 1. The number of nitrogens with zero attached hydrogens (tertiary/aromatic N) is 5. The molecule has 180 valence electrons. The van der Waals surface area contributed by atoms with Gasteiger partial charge in [-0.3, -0.25) is 14.6 Å². The minimum atomic E-state index is -0.856. The van der Waals surface area contributed by atoms with Crippen molar-refractivity contribution in [2.45, 2.75) is 52.2 Å². The van der Waals surface area contributed by atoms with Gasteiger partial charge in [-0.2, -0.15) is 5.11 Å². The zero-order valence-electron chi connectivity index (χ0n) is 20.1. The number of fused-ring (bicyclic) bond motifs is 1. The number of aromatic nitrogens is 1. The highest BCUT2D eigenvalue weighted by Crippen LogP contribution is 2.34. The molecule has 2 aliphatic rings. The van der Waals surface area contributed by atoms with Crippen LogP contribution >= 0.6 is 0 Å². The van der Waals surface area contributed by atoms with E-state index < -0.39 is 12.1 Å². The summed E-state index contributed by atoms with van der Waals surface area (Å²) < 4.78 is 11.4. The summed E-state index contributed by atoms with van der Waals surface area (Å²) in [6, 6.07) is 13.3. The lowest BCUT2D eigenvalue weighted by atomic mass is 10.0. The van der Waals surface area contributed by atoms with Crippen LogP contribution in [0.2, 0.25) is 0 Å². The van der Waals surface area contributed by atoms with Crippen molar-refractivity contribution in [3.63, 3.8) is 0 Å². The van der Waals surface area contributed by atoms with E-state index in [2.05, 4.69) is 29.2 Å². The lowest BCUT2D eigenvalue weighted by Gasteiger charge is -2.20. The molecule has 9 nitrogen and oxygen atoms in total. The number of aryl methyl sites for hydroxylation is 1. The van der Waals surface area contributed by atoms with Gasteiger partial charge in [0.05, 0.1) is 18.8 Å². The molecule has 2 atom stereocenters. The summed E-state index contributed by atoms with van der Waals surface area (Å²) >= 11 is 0. The number of oxazole rings is 1. The van der Waals surface area contributed by atoms with E-state index >= 15 is 0 Å². The molecule has 0 saturated carbocycles. The number of hydrogen-bond donors (Lipinski definition) is 0. The highest BCUT2D eigenvalue weighted by molar-refractivity contribution is 6.25. The van der Waals surface area contributed by atoms with Crippen LogP contribution in [0, 0.1) is 6.92 Å². The fourth-order valence-electron chi connectivity index (χ4n) is 4.33. The maximum atomic E-state index is 13.3. The number of carbonyl (C=O) groups is 2. The van der Waals surface area contributed by atoms with Crippen LogP contribution in [-0.4, -0.2) is 40.5 Å². The average Bonchev–Trinajstić information content (AvgIpc) is 3.50. The van der Waals surface area contributed by atoms with Gasteiger partial charge in [0.15, 0.2) is 12.1 Å². The molecular formula is C26H27N5O4. The van der Waals surface area contributed by atoms with E-state index in [1.54, 1.807) is 12.1 Å². The zero-order valence-corrected chi connectivity index (χ0v) is 20.1. The number of hydrogen-bond acceptors (Lipinski definition) is 8. The second kappa shape index (κ2) is 8.98. The molecule has 3 heterocycles. The average molecular weight is 474 g/mol. The third kappa shape index (κ3) is 4.07. The molecule has 2 aromatic carbocycles. The molecule has 0 bridgehead atoms. The first-order valence-corrected chi connectivity index (χ1v) is 11.7. The van der Waals surface area contributed by atoms with Crippen molar-refractivity contribution in [2.24, 2.45) is 10.3 Å². The maximum absolute atomic E-state index is 13.3. The summed E-state index contributed by atoms with van der Waals surface area (Å²) in [5, 5.41) is 9.77. The molecule has 3 aromatic rings. The Hall–Kier alpha value is -4.01. The second-order valence-electron chi connectivity index (χ2n) is 8.93. The molecule has 35 heavy (non-hydrogen) atoms. The first kappa shape index (κ1) is 22.8. The largest absolute Gasteiger partial charge is 0.494 e. The van der Waals surface area contributed by atoms with E-state index in [0.29, 0.717) is 35.6 Å². The molecule has 5 rings (SSSR count). The van der Waals surface area contributed by atoms with Crippen molar-refractivity contribution >= 4 is 17.5 Å². The van der Waals surface area contributed by atoms with Crippen molar-refractivity contribution in [1.29, 1.82) is 0 Å². The summed E-state index contributed by atoms with van der Waals surface area (Å²) in [4.78, 5) is 32.2. The van der Waals surface area contributed by atoms with Crippen LogP contribution in [0.3, 0.4) is 0 Å². The van der Waals surface area contributed by atoms with Gasteiger partial charge in [0.2, 0.25) is 5.89 Å². The fourth-order valence-corrected chi connectivity index (χ4v) is 4.33. The number of imide groups is 1. The summed E-state index contributed by atoms with van der Waals surface area (Å²) in [5.74, 6) is 1.51. The molecule has 2 amide bonds. The topological polar surface area (TPSA) is 101 Å². The van der Waals surface area contributed by atoms with E-state index in [1.165, 1.54) is 9.91 Å². The van der Waals surface area contributed by atoms with Crippen LogP contribution in [0.15, 0.2) is 63.3 Å². The predicted molar refractivity (Wildman–Crippen MR) is 129 cm³/mol. The number of rotatable bonds is 7. The van der Waals surface area contributed by atoms with Crippen molar-refractivity contribution in [3.8, 4) is 17.2 Å². The normalized spacial score (nSPS) is 19.2. The van der Waals surface area contributed by atoms with Gasteiger partial charge in [-0.05, 0) is 61.7 Å². The van der Waals surface area contributed by atoms with Crippen LogP contribution in [0.1, 0.15) is 43.7 Å². The van der Waals surface area contributed by atoms with Gasteiger partial charge in [-0.15, -0.1) is 0 Å². The highest BCUT2D eigenvalue weighted by atomic mass is 16.5. The molecule has 0 N–H and O–H groups in total. The van der Waals surface area contributed by atoms with Crippen LogP contribution in [0.25, 0.3) is 11.5 Å². The third-order valence-electron chi connectivity index (χ3n) is 6.29. The minimum Gasteiger partial charge on any atom is -0.494 e. The van der Waals surface area contributed by atoms with Crippen LogP contribution in [0.4, 0.5) is 5.69 Å². The molecule has 2 unspecified atom stereocenters. The van der Waals surface area contributed by atoms with E-state index in [1.807, 2.05) is 50.2 Å². The van der Waals surface area contributed by atoms with E-state index in [4.69, 9.17) is 9.15 Å². The molecule has 0 radical (unpaired) electrons. The first-order valence-electron chi connectivity index (χ1n) is 11.7. The quantitative estimate of drug-likeness (QED) is 0.463. The SMILES string of the molecule is CCOc1ccc(-c2nc(CN3N=NC4C(=O)N(c5ccc(C(C)C)cc5)C(=O)C43)c(C)o2)cc1. The Labute approximate surface area is 203 Å². The smallest absolute Gasteiger partial charge is 0.263 e. The minimum absolute atomic E-state index is 0.205. The van der Waals surface area contributed by atoms with Crippen LogP contribution in [-0.2, 0) is 16.1 Å². The molecule has 9 heteroatoms. The molecule has 1 fully saturated rings. The standard InChI is InChI=1S/C26H27N5O4/c1-5-34-20-12-8-18(9-13-20)24-27-21(16(4)35-24)14-30-23-22(28-29-30)25(32)31(26(23)33)19-10-6-17(7-11-19)15(2)3/h6-13,15,22-23H,5,14H2,1-4H3. The van der Waals surface area contributed by atoms with Crippen LogP contribution < -0.4 is 9.64 Å². The Morgan fingerprint density at radius 2 is 1.74 bits per heavy atom. The second-order valence-corrected chi connectivity index (χ2v) is 8.93. The number of benzene rings is 2. The van der Waals surface area contributed by atoms with Gasteiger partial charge >= 0.3 is 0 Å². The van der Waals surface area contributed by atoms with E-state index in [0.717, 1.165) is 16.9 Å². The monoisotopic (exact) mass is 473 g/mol. The third-order valence-corrected chi connectivity index (χ3v) is 6.29. The fraction of sp³-hybridized carbons (Fsp3) is 0.346. The summed E-state index contributed by atoms with van der Waals surface area (Å²) in [7, 11) is 0. The molecule has 1 aromatic heterocycles. The van der Waals surface area contributed by atoms with Gasteiger partial charge in [0, 0.05) is 5.56 Å². The van der Waals surface area contributed by atoms with Gasteiger partial charge in [-0.1, -0.05) is 31.2 Å². The molecule has 1 saturated heterocycles. The van der Waals surface area contributed by atoms with E-state index in [-0.39, 0.29) is 18.4 Å². The summed E-state index contributed by atoms with van der Waals surface area (Å²) in [6.45, 7) is 8.73. The lowest BCUT2D eigenvalue weighted by molar-refractivity contribution is -0.123. The van der Waals surface area contributed by atoms with Crippen LogP contribution in [0.5, 0.6) is 5.75 Å². The number of amides is 2. The van der Waals surface area contributed by atoms with Crippen molar-refractivity contribution in [1.82, 2.24) is 9.99 Å². The van der Waals surface area contributed by atoms with Gasteiger partial charge < -0.3 is 9.15 Å². The maximum Gasteiger partial charge on any atom is 0.263 e. The molecule has 0 spiro atoms. The Bertz CT molecular complexity index is 1280. The Morgan fingerprint density at radius 3 is 2.40 bits per heavy atom. The molecule has 2 aliphatic heterocycles. The Balaban J connectivity index is 1.34. The zero-order chi connectivity index (χ0) is 24.7. The Morgan fingerprint density at radius 1 is 1.03 bits per heavy atom. The molecule has 0 aliphatic carbocycles. The van der Waals surface area contributed by atoms with E-state index in [9.17, 15) is 9.59 Å². The summed E-state index contributed by atoms with van der Waals surface area (Å²) in [6.07, 6.45) is 0. The number of carbonyl (C=O) groups excluding carboxylic acids is 2. The Kier molecular flexibility index (Phi) is 5.84. The first-order chi connectivity index (χ1) is 16.9. The van der Waals surface area contributed by atoms with Gasteiger partial charge in [0.25, 0.3) is 11.8 Å². The summed E-state index contributed by atoms with van der Waals surface area (Å²) in [5.41, 5.74) is 3.13. The van der Waals surface area contributed by atoms with Crippen molar-refractivity contribution in [3.05, 3.63) is 65.5 Å². The highest BCUT2D eigenvalue weighted by Gasteiger charge is 2.54. The van der Waals surface area contributed by atoms with Gasteiger partial charge in [0.1, 0.15) is 17.2 Å².